The van der Waals surface area contributed by atoms with Crippen molar-refractivity contribution >= 4 is 35.8 Å². The van der Waals surface area contributed by atoms with E-state index in [1.807, 2.05) is 31.2 Å². The zero-order valence-corrected chi connectivity index (χ0v) is 22.7. The lowest BCUT2D eigenvalue weighted by Gasteiger charge is -2.30. The molecule has 0 heterocycles. The molecule has 32 heavy (non-hydrogen) atoms. The van der Waals surface area contributed by atoms with E-state index in [-0.39, 0.29) is 35.9 Å². The fraction of sp³-hybridized carbons (Fsp3) is 0.680. The Morgan fingerprint density at radius 2 is 1.94 bits per heavy atom. The van der Waals surface area contributed by atoms with E-state index in [0.717, 1.165) is 50.7 Å². The van der Waals surface area contributed by atoms with Crippen LogP contribution in [0.25, 0.3) is 0 Å². The fourth-order valence-corrected chi connectivity index (χ4v) is 4.08. The van der Waals surface area contributed by atoms with Gasteiger partial charge in [0.15, 0.2) is 5.96 Å². The van der Waals surface area contributed by atoms with Crippen LogP contribution in [0.1, 0.15) is 82.1 Å². The smallest absolute Gasteiger partial charge is 0.251 e. The van der Waals surface area contributed by atoms with Gasteiger partial charge < -0.3 is 20.7 Å². The maximum atomic E-state index is 12.4. The summed E-state index contributed by atoms with van der Waals surface area (Å²) in [5, 5.41) is 9.96. The summed E-state index contributed by atoms with van der Waals surface area (Å²) in [6, 6.07) is 7.91. The molecule has 7 heteroatoms. The first-order valence-electron chi connectivity index (χ1n) is 12.0. The van der Waals surface area contributed by atoms with Crippen molar-refractivity contribution in [2.24, 2.45) is 10.4 Å². The molecule has 0 radical (unpaired) electrons. The van der Waals surface area contributed by atoms with Gasteiger partial charge in [0.25, 0.3) is 5.91 Å². The molecule has 1 amide bonds. The van der Waals surface area contributed by atoms with Crippen LogP contribution in [-0.2, 0) is 11.3 Å². The standard InChI is InChI=1S/C25H42N4O2.HI/c1-5-20(4)29-23(30)22-12-10-11-21(17-22)18-27-24(26-6-2)28-19-25(13-8-9-14-25)15-16-31-7-3;/h10-12,17,20H,5-9,13-16,18-19H2,1-4H3,(H,29,30)(H2,26,27,28);1H. The summed E-state index contributed by atoms with van der Waals surface area (Å²) in [5.41, 5.74) is 2.02. The highest BCUT2D eigenvalue weighted by Gasteiger charge is 2.33. The number of hydrogen-bond donors (Lipinski definition) is 3. The van der Waals surface area contributed by atoms with E-state index < -0.39 is 0 Å². The molecule has 3 N–H and O–H groups in total. The Labute approximate surface area is 211 Å². The minimum Gasteiger partial charge on any atom is -0.382 e. The van der Waals surface area contributed by atoms with Gasteiger partial charge in [-0.15, -0.1) is 24.0 Å². The van der Waals surface area contributed by atoms with Gasteiger partial charge in [0.1, 0.15) is 0 Å². The number of ether oxygens (including phenoxy) is 1. The number of hydrogen-bond acceptors (Lipinski definition) is 3. The molecule has 1 unspecified atom stereocenters. The first kappa shape index (κ1) is 28.7. The van der Waals surface area contributed by atoms with Gasteiger partial charge >= 0.3 is 0 Å². The largest absolute Gasteiger partial charge is 0.382 e. The summed E-state index contributed by atoms with van der Waals surface area (Å²) in [6.45, 7) is 12.1. The van der Waals surface area contributed by atoms with E-state index in [1.165, 1.54) is 25.7 Å². The summed E-state index contributed by atoms with van der Waals surface area (Å²) in [7, 11) is 0. The van der Waals surface area contributed by atoms with Crippen LogP contribution < -0.4 is 16.0 Å². The van der Waals surface area contributed by atoms with E-state index in [2.05, 4.69) is 36.7 Å². The molecule has 1 aromatic rings. The molecule has 1 fully saturated rings. The number of guanidine groups is 1. The van der Waals surface area contributed by atoms with Crippen molar-refractivity contribution in [2.75, 3.05) is 26.3 Å². The van der Waals surface area contributed by atoms with Gasteiger partial charge in [-0.2, -0.15) is 0 Å². The highest BCUT2D eigenvalue weighted by atomic mass is 127. The van der Waals surface area contributed by atoms with Crippen LogP contribution in [0.15, 0.2) is 29.3 Å². The summed E-state index contributed by atoms with van der Waals surface area (Å²) in [6.07, 6.45) is 7.11. The molecule has 6 nitrogen and oxygen atoms in total. The van der Waals surface area contributed by atoms with Crippen LogP contribution in [0.2, 0.25) is 0 Å². The number of halogens is 1. The lowest BCUT2D eigenvalue weighted by molar-refractivity contribution is 0.0939. The Balaban J connectivity index is 0.00000512. The van der Waals surface area contributed by atoms with Crippen molar-refractivity contribution in [1.82, 2.24) is 16.0 Å². The van der Waals surface area contributed by atoms with E-state index in [4.69, 9.17) is 9.73 Å². The van der Waals surface area contributed by atoms with Crippen molar-refractivity contribution in [3.05, 3.63) is 35.4 Å². The molecule has 1 atom stereocenters. The molecule has 0 saturated heterocycles. The Morgan fingerprint density at radius 3 is 2.59 bits per heavy atom. The molecular formula is C25H43IN4O2. The maximum Gasteiger partial charge on any atom is 0.251 e. The lowest BCUT2D eigenvalue weighted by Crippen LogP contribution is -2.43. The van der Waals surface area contributed by atoms with Crippen molar-refractivity contribution in [3.8, 4) is 0 Å². The van der Waals surface area contributed by atoms with Gasteiger partial charge in [-0.1, -0.05) is 31.9 Å². The Morgan fingerprint density at radius 1 is 1.19 bits per heavy atom. The van der Waals surface area contributed by atoms with E-state index in [0.29, 0.717) is 17.5 Å². The Bertz CT molecular complexity index is 705. The Hall–Kier alpha value is -1.35. The Kier molecular flexibility index (Phi) is 13.9. The van der Waals surface area contributed by atoms with Crippen LogP contribution in [0.3, 0.4) is 0 Å². The molecule has 0 spiro atoms. The number of amides is 1. The van der Waals surface area contributed by atoms with Gasteiger partial charge in [-0.3, -0.25) is 4.79 Å². The average molecular weight is 559 g/mol. The molecule has 2 rings (SSSR count). The van der Waals surface area contributed by atoms with Crippen molar-refractivity contribution in [3.63, 3.8) is 0 Å². The first-order valence-corrected chi connectivity index (χ1v) is 12.0. The molecule has 1 saturated carbocycles. The summed E-state index contributed by atoms with van der Waals surface area (Å²) >= 11 is 0. The van der Waals surface area contributed by atoms with E-state index >= 15 is 0 Å². The molecule has 1 aliphatic carbocycles. The third-order valence-corrected chi connectivity index (χ3v) is 6.22. The normalized spacial score (nSPS) is 16.2. The average Bonchev–Trinajstić information content (AvgIpc) is 3.25. The molecule has 1 aromatic carbocycles. The van der Waals surface area contributed by atoms with Gasteiger partial charge in [0, 0.05) is 37.9 Å². The molecule has 0 bridgehead atoms. The third-order valence-electron chi connectivity index (χ3n) is 6.22. The number of carbonyl (C=O) groups excluding carboxylic acids is 1. The van der Waals surface area contributed by atoms with E-state index in [1.54, 1.807) is 0 Å². The second-order valence-corrected chi connectivity index (χ2v) is 8.69. The highest BCUT2D eigenvalue weighted by molar-refractivity contribution is 14.0. The molecule has 0 aromatic heterocycles. The molecule has 1 aliphatic rings. The van der Waals surface area contributed by atoms with Crippen LogP contribution in [0, 0.1) is 5.41 Å². The number of nitrogens with zero attached hydrogens (tertiary/aromatic N) is 1. The van der Waals surface area contributed by atoms with Gasteiger partial charge in [0.05, 0.1) is 6.54 Å². The van der Waals surface area contributed by atoms with Crippen LogP contribution in [-0.4, -0.2) is 44.2 Å². The lowest BCUT2D eigenvalue weighted by atomic mass is 9.83. The van der Waals surface area contributed by atoms with Crippen LogP contribution in [0.4, 0.5) is 0 Å². The van der Waals surface area contributed by atoms with Crippen molar-refractivity contribution in [1.29, 1.82) is 0 Å². The van der Waals surface area contributed by atoms with Crippen LogP contribution in [0.5, 0.6) is 0 Å². The molecule has 182 valence electrons. The van der Waals surface area contributed by atoms with Crippen molar-refractivity contribution < 1.29 is 9.53 Å². The van der Waals surface area contributed by atoms with Gasteiger partial charge in [-0.05, 0) is 69.6 Å². The third kappa shape index (κ3) is 9.65. The van der Waals surface area contributed by atoms with E-state index in [9.17, 15) is 4.79 Å². The second-order valence-electron chi connectivity index (χ2n) is 8.69. The van der Waals surface area contributed by atoms with Gasteiger partial charge in [0.2, 0.25) is 0 Å². The fourth-order valence-electron chi connectivity index (χ4n) is 4.08. The van der Waals surface area contributed by atoms with Gasteiger partial charge in [-0.25, -0.2) is 4.99 Å². The maximum absolute atomic E-state index is 12.4. The van der Waals surface area contributed by atoms with Crippen LogP contribution >= 0.6 is 24.0 Å². The zero-order valence-electron chi connectivity index (χ0n) is 20.3. The number of aliphatic imine (C=N–C) groups is 1. The predicted molar refractivity (Wildman–Crippen MR) is 144 cm³/mol. The topological polar surface area (TPSA) is 74.8 Å². The monoisotopic (exact) mass is 558 g/mol. The summed E-state index contributed by atoms with van der Waals surface area (Å²) in [5.74, 6) is 0.808. The zero-order chi connectivity index (χ0) is 22.5. The first-order chi connectivity index (χ1) is 15.0. The number of carbonyl (C=O) groups is 1. The number of rotatable bonds is 12. The minimum absolute atomic E-state index is 0. The minimum atomic E-state index is -0.0253. The quantitative estimate of drug-likeness (QED) is 0.148. The highest BCUT2D eigenvalue weighted by Crippen LogP contribution is 2.40. The molecular weight excluding hydrogens is 515 g/mol. The van der Waals surface area contributed by atoms with Crippen molar-refractivity contribution in [2.45, 2.75) is 78.8 Å². The summed E-state index contributed by atoms with van der Waals surface area (Å²) in [4.78, 5) is 17.2. The molecule has 0 aliphatic heterocycles. The number of benzene rings is 1. The second kappa shape index (κ2) is 15.5. The number of nitrogens with one attached hydrogen (secondary N) is 3. The SMILES string of the molecule is CCNC(=NCc1cccc(C(=O)NC(C)CC)c1)NCC1(CCOCC)CCCC1.I. The predicted octanol–water partition coefficient (Wildman–Crippen LogP) is 4.88. The summed E-state index contributed by atoms with van der Waals surface area (Å²) < 4.78 is 5.64.